The summed E-state index contributed by atoms with van der Waals surface area (Å²) in [5.41, 5.74) is 2.42. The van der Waals surface area contributed by atoms with Gasteiger partial charge in [-0.2, -0.15) is 10.5 Å². The van der Waals surface area contributed by atoms with Crippen LogP contribution in [0, 0.1) is 22.8 Å². The summed E-state index contributed by atoms with van der Waals surface area (Å²) >= 11 is 0. The summed E-state index contributed by atoms with van der Waals surface area (Å²) in [7, 11) is 0. The lowest BCUT2D eigenvalue weighted by molar-refractivity contribution is -0.105. The van der Waals surface area contributed by atoms with Gasteiger partial charge < -0.3 is 10.2 Å². The molecule has 1 aromatic carbocycles. The van der Waals surface area contributed by atoms with Crippen molar-refractivity contribution in [1.82, 2.24) is 9.88 Å². The molecule has 0 atom stereocenters. The summed E-state index contributed by atoms with van der Waals surface area (Å²) in [4.78, 5) is 16.1. The SMILES string of the molecule is N#CN1CCCCC1.N#Cc1cccc(-c2ccnc(NC=O)c2)c1. The maximum Gasteiger partial charge on any atom is 0.212 e. The molecule has 2 heterocycles. The lowest BCUT2D eigenvalue weighted by atomic mass is 10.0. The number of piperidine rings is 1. The molecule has 1 saturated heterocycles. The number of carbonyl (C=O) groups excluding carboxylic acids is 1. The zero-order chi connectivity index (χ0) is 17.9. The van der Waals surface area contributed by atoms with Crippen LogP contribution in [0.3, 0.4) is 0 Å². The number of likely N-dealkylation sites (tertiary alicyclic amines) is 1. The van der Waals surface area contributed by atoms with Gasteiger partial charge in [0.15, 0.2) is 6.19 Å². The van der Waals surface area contributed by atoms with E-state index < -0.39 is 0 Å². The van der Waals surface area contributed by atoms with Crippen LogP contribution in [0.15, 0.2) is 42.6 Å². The van der Waals surface area contributed by atoms with Gasteiger partial charge in [-0.15, -0.1) is 0 Å². The average molecular weight is 333 g/mol. The number of hydrogen-bond acceptors (Lipinski definition) is 5. The Balaban J connectivity index is 0.000000236. The lowest BCUT2D eigenvalue weighted by Crippen LogP contribution is -2.24. The zero-order valence-corrected chi connectivity index (χ0v) is 13.9. The van der Waals surface area contributed by atoms with Crippen LogP contribution in [0.2, 0.25) is 0 Å². The number of aromatic nitrogens is 1. The molecule has 1 fully saturated rings. The minimum atomic E-state index is 0.486. The molecule has 2 aromatic rings. The molecule has 126 valence electrons. The summed E-state index contributed by atoms with van der Waals surface area (Å²) in [5, 5.41) is 19.7. The summed E-state index contributed by atoms with van der Waals surface area (Å²) in [6.07, 6.45) is 8.04. The quantitative estimate of drug-likeness (QED) is 0.688. The van der Waals surface area contributed by atoms with Crippen LogP contribution in [0.25, 0.3) is 11.1 Å². The number of amides is 1. The van der Waals surface area contributed by atoms with Gasteiger partial charge in [-0.05, 0) is 54.7 Å². The third-order valence-corrected chi connectivity index (χ3v) is 3.79. The molecular weight excluding hydrogens is 314 g/mol. The van der Waals surface area contributed by atoms with Gasteiger partial charge in [0.05, 0.1) is 11.6 Å². The number of pyridine rings is 1. The molecule has 0 unspecified atom stereocenters. The molecule has 0 spiro atoms. The molecule has 6 nitrogen and oxygen atoms in total. The third-order valence-electron chi connectivity index (χ3n) is 3.79. The standard InChI is InChI=1S/C13H9N3O.C6H10N2/c14-8-10-2-1-3-11(6-10)12-4-5-15-13(7-12)16-9-17;7-6-8-4-2-1-3-5-8/h1-7,9H,(H,15,16,17);1-5H2. The number of benzene rings is 1. The fourth-order valence-corrected chi connectivity index (χ4v) is 2.51. The van der Waals surface area contributed by atoms with Gasteiger partial charge in [0, 0.05) is 19.3 Å². The normalized spacial score (nSPS) is 12.8. The smallest absolute Gasteiger partial charge is 0.212 e. The molecule has 0 radical (unpaired) electrons. The summed E-state index contributed by atoms with van der Waals surface area (Å²) in [6.45, 7) is 1.97. The Bertz CT molecular complexity index is 785. The first-order valence-corrected chi connectivity index (χ1v) is 8.08. The summed E-state index contributed by atoms with van der Waals surface area (Å²) in [6, 6.07) is 12.9. The van der Waals surface area contributed by atoms with Gasteiger partial charge in [-0.25, -0.2) is 4.98 Å². The van der Waals surface area contributed by atoms with Crippen molar-refractivity contribution in [3.05, 3.63) is 48.2 Å². The first-order chi connectivity index (χ1) is 12.3. The molecule has 1 N–H and O–H groups in total. The average Bonchev–Trinajstić information content (AvgIpc) is 2.69. The molecule has 0 saturated carbocycles. The van der Waals surface area contributed by atoms with Crippen LogP contribution in [0.1, 0.15) is 24.8 Å². The molecule has 0 bridgehead atoms. The van der Waals surface area contributed by atoms with E-state index in [1.54, 1.807) is 24.4 Å². The van der Waals surface area contributed by atoms with Gasteiger partial charge >= 0.3 is 0 Å². The van der Waals surface area contributed by atoms with Gasteiger partial charge in [0.25, 0.3) is 0 Å². The van der Waals surface area contributed by atoms with Crippen molar-refractivity contribution in [1.29, 1.82) is 10.5 Å². The van der Waals surface area contributed by atoms with Crippen LogP contribution in [-0.4, -0.2) is 29.4 Å². The second kappa shape index (κ2) is 9.69. The first kappa shape index (κ1) is 18.0. The van der Waals surface area contributed by atoms with Crippen molar-refractivity contribution in [2.75, 3.05) is 18.4 Å². The highest BCUT2D eigenvalue weighted by Crippen LogP contribution is 2.21. The Labute approximate surface area is 147 Å². The number of nitriles is 2. The highest BCUT2D eigenvalue weighted by Gasteiger charge is 2.05. The fraction of sp³-hybridized carbons (Fsp3) is 0.263. The van der Waals surface area contributed by atoms with E-state index in [1.165, 1.54) is 19.3 Å². The van der Waals surface area contributed by atoms with E-state index in [2.05, 4.69) is 22.6 Å². The molecule has 1 aliphatic rings. The molecule has 0 aliphatic carbocycles. The van der Waals surface area contributed by atoms with Crippen LogP contribution in [-0.2, 0) is 4.79 Å². The second-order valence-corrected chi connectivity index (χ2v) is 5.53. The topological polar surface area (TPSA) is 92.8 Å². The molecule has 25 heavy (non-hydrogen) atoms. The van der Waals surface area contributed by atoms with Gasteiger partial charge in [-0.3, -0.25) is 4.79 Å². The van der Waals surface area contributed by atoms with Crippen molar-refractivity contribution in [3.63, 3.8) is 0 Å². The van der Waals surface area contributed by atoms with Gasteiger partial charge in [-0.1, -0.05) is 12.1 Å². The molecule has 1 aliphatic heterocycles. The van der Waals surface area contributed by atoms with E-state index in [1.807, 2.05) is 23.1 Å². The van der Waals surface area contributed by atoms with E-state index in [9.17, 15) is 4.79 Å². The second-order valence-electron chi connectivity index (χ2n) is 5.53. The number of nitrogens with zero attached hydrogens (tertiary/aromatic N) is 4. The first-order valence-electron chi connectivity index (χ1n) is 8.08. The van der Waals surface area contributed by atoms with E-state index in [4.69, 9.17) is 10.5 Å². The lowest BCUT2D eigenvalue weighted by Gasteiger charge is -2.19. The predicted molar refractivity (Wildman–Crippen MR) is 95.1 cm³/mol. The maximum atomic E-state index is 10.3. The Hall–Kier alpha value is -3.38. The van der Waals surface area contributed by atoms with E-state index in [0.717, 1.165) is 24.2 Å². The minimum absolute atomic E-state index is 0.486. The number of nitrogens with one attached hydrogen (secondary N) is 1. The van der Waals surface area contributed by atoms with Gasteiger partial charge in [0.2, 0.25) is 6.41 Å². The van der Waals surface area contributed by atoms with Crippen LogP contribution >= 0.6 is 0 Å². The van der Waals surface area contributed by atoms with Crippen molar-refractivity contribution in [2.24, 2.45) is 0 Å². The predicted octanol–water partition coefficient (Wildman–Crippen LogP) is 3.14. The highest BCUT2D eigenvalue weighted by atomic mass is 16.1. The highest BCUT2D eigenvalue weighted by molar-refractivity contribution is 5.73. The van der Waals surface area contributed by atoms with E-state index in [0.29, 0.717) is 17.8 Å². The van der Waals surface area contributed by atoms with Crippen LogP contribution in [0.5, 0.6) is 0 Å². The fourth-order valence-electron chi connectivity index (χ4n) is 2.51. The number of carbonyl (C=O) groups is 1. The van der Waals surface area contributed by atoms with Gasteiger partial charge in [0.1, 0.15) is 5.82 Å². The largest absolute Gasteiger partial charge is 0.313 e. The molecule has 6 heteroatoms. The Morgan fingerprint density at radius 2 is 1.84 bits per heavy atom. The number of rotatable bonds is 3. The summed E-state index contributed by atoms with van der Waals surface area (Å²) < 4.78 is 0. The zero-order valence-electron chi connectivity index (χ0n) is 13.9. The Morgan fingerprint density at radius 1 is 1.08 bits per heavy atom. The monoisotopic (exact) mass is 333 g/mol. The molecule has 3 rings (SSSR count). The van der Waals surface area contributed by atoms with Crippen molar-refractivity contribution in [2.45, 2.75) is 19.3 Å². The van der Waals surface area contributed by atoms with Crippen molar-refractivity contribution in [3.8, 4) is 23.4 Å². The van der Waals surface area contributed by atoms with Crippen molar-refractivity contribution < 1.29 is 4.79 Å². The Morgan fingerprint density at radius 3 is 2.48 bits per heavy atom. The third kappa shape index (κ3) is 5.63. The van der Waals surface area contributed by atoms with Crippen LogP contribution in [0.4, 0.5) is 5.82 Å². The van der Waals surface area contributed by atoms with Crippen molar-refractivity contribution >= 4 is 12.2 Å². The molecular formula is C19H19N5O. The number of hydrogen-bond donors (Lipinski definition) is 1. The molecule has 1 aromatic heterocycles. The van der Waals surface area contributed by atoms with E-state index in [-0.39, 0.29) is 0 Å². The summed E-state index contributed by atoms with van der Waals surface area (Å²) in [5.74, 6) is 0.486. The number of anilines is 1. The Kier molecular flexibility index (Phi) is 6.96. The molecule has 1 amide bonds. The van der Waals surface area contributed by atoms with Crippen LogP contribution < -0.4 is 5.32 Å². The maximum absolute atomic E-state index is 10.3. The minimum Gasteiger partial charge on any atom is -0.313 e. The van der Waals surface area contributed by atoms with E-state index >= 15 is 0 Å².